The maximum atomic E-state index is 12.1. The van der Waals surface area contributed by atoms with Crippen molar-refractivity contribution in [3.8, 4) is 0 Å². The Hall–Kier alpha value is -0.0900. The Balaban J connectivity index is 1.90. The molecule has 0 aromatic carbocycles. The fraction of sp³-hybridized carbons (Fsp3) is 1.00. The molecule has 1 N–H and O–H groups in total. The summed E-state index contributed by atoms with van der Waals surface area (Å²) >= 11 is 0. The van der Waals surface area contributed by atoms with Gasteiger partial charge in [-0.1, -0.05) is 38.5 Å². The number of nitrogens with one attached hydrogen (secondary N) is 1. The van der Waals surface area contributed by atoms with Crippen LogP contribution in [0.15, 0.2) is 0 Å². The molecule has 0 aromatic rings. The van der Waals surface area contributed by atoms with Crippen molar-refractivity contribution in [2.75, 3.05) is 0 Å². The molecule has 0 amide bonds. The van der Waals surface area contributed by atoms with Crippen LogP contribution in [0.4, 0.5) is 0 Å². The highest BCUT2D eigenvalue weighted by Gasteiger charge is 2.29. The lowest BCUT2D eigenvalue weighted by Gasteiger charge is -2.27. The monoisotopic (exact) mass is 245 g/mol. The Kier molecular flexibility index (Phi) is 4.25. The van der Waals surface area contributed by atoms with Gasteiger partial charge in [-0.15, -0.1) is 0 Å². The second-order valence-electron chi connectivity index (χ2n) is 5.26. The standard InChI is InChI=1S/C12H23NO2S/c14-16(15,12-9-5-2-6-10-12)13-11-7-3-1-4-8-11/h11-13H,1-10H2. The van der Waals surface area contributed by atoms with Crippen LogP contribution in [0.25, 0.3) is 0 Å². The van der Waals surface area contributed by atoms with Gasteiger partial charge < -0.3 is 0 Å². The van der Waals surface area contributed by atoms with Crippen LogP contribution in [0.3, 0.4) is 0 Å². The molecular formula is C12H23NO2S. The second-order valence-corrected chi connectivity index (χ2v) is 7.25. The number of hydrogen-bond donors (Lipinski definition) is 1. The molecule has 0 atom stereocenters. The van der Waals surface area contributed by atoms with Gasteiger partial charge in [0.05, 0.1) is 5.25 Å². The minimum absolute atomic E-state index is 0.108. The Labute approximate surface area is 99.1 Å². The summed E-state index contributed by atoms with van der Waals surface area (Å²) in [4.78, 5) is 0. The summed E-state index contributed by atoms with van der Waals surface area (Å²) in [5.74, 6) is 0. The molecule has 0 aromatic heterocycles. The van der Waals surface area contributed by atoms with Crippen LogP contribution in [0, 0.1) is 0 Å². The summed E-state index contributed by atoms with van der Waals surface area (Å²) in [5.41, 5.74) is 0. The number of hydrogen-bond acceptors (Lipinski definition) is 2. The average Bonchev–Trinajstić information content (AvgIpc) is 2.31. The molecule has 0 radical (unpaired) electrons. The third-order valence-corrected chi connectivity index (χ3v) is 5.94. The minimum Gasteiger partial charge on any atom is -0.212 e. The van der Waals surface area contributed by atoms with Crippen LogP contribution in [-0.4, -0.2) is 19.7 Å². The average molecular weight is 245 g/mol. The third kappa shape index (κ3) is 3.20. The maximum absolute atomic E-state index is 12.1. The first-order valence-corrected chi connectivity index (χ1v) is 8.24. The van der Waals surface area contributed by atoms with Gasteiger partial charge >= 0.3 is 0 Å². The van der Waals surface area contributed by atoms with E-state index in [0.717, 1.165) is 38.5 Å². The third-order valence-electron chi connectivity index (χ3n) is 3.93. The molecular weight excluding hydrogens is 222 g/mol. The van der Waals surface area contributed by atoms with Crippen molar-refractivity contribution >= 4 is 10.0 Å². The van der Waals surface area contributed by atoms with Gasteiger partial charge in [0.1, 0.15) is 0 Å². The Morgan fingerprint density at radius 1 is 0.750 bits per heavy atom. The van der Waals surface area contributed by atoms with Gasteiger partial charge in [-0.25, -0.2) is 13.1 Å². The fourth-order valence-corrected chi connectivity index (χ4v) is 4.77. The Morgan fingerprint density at radius 2 is 1.25 bits per heavy atom. The lowest BCUT2D eigenvalue weighted by atomic mass is 9.96. The van der Waals surface area contributed by atoms with Crippen LogP contribution in [0.1, 0.15) is 64.2 Å². The number of rotatable bonds is 3. The molecule has 0 heterocycles. The minimum atomic E-state index is -3.03. The van der Waals surface area contributed by atoms with Gasteiger partial charge in [0.15, 0.2) is 0 Å². The summed E-state index contributed by atoms with van der Waals surface area (Å²) in [6.07, 6.45) is 10.8. The fourth-order valence-electron chi connectivity index (χ4n) is 2.92. The van der Waals surface area contributed by atoms with Crippen molar-refractivity contribution in [1.29, 1.82) is 0 Å². The highest BCUT2D eigenvalue weighted by molar-refractivity contribution is 7.90. The zero-order valence-electron chi connectivity index (χ0n) is 9.95. The molecule has 94 valence electrons. The molecule has 2 fully saturated rings. The predicted octanol–water partition coefficient (Wildman–Crippen LogP) is 2.57. The van der Waals surface area contributed by atoms with Gasteiger partial charge in [0.2, 0.25) is 10.0 Å². The van der Waals surface area contributed by atoms with E-state index in [0.29, 0.717) is 0 Å². The van der Waals surface area contributed by atoms with Crippen LogP contribution in [0.2, 0.25) is 0 Å². The van der Waals surface area contributed by atoms with Crippen molar-refractivity contribution in [3.63, 3.8) is 0 Å². The highest BCUT2D eigenvalue weighted by atomic mass is 32.2. The van der Waals surface area contributed by atoms with Crippen molar-refractivity contribution in [3.05, 3.63) is 0 Å². The SMILES string of the molecule is O=S(=O)(NC1CCCCC1)C1CCCCC1. The first kappa shape index (κ1) is 12.4. The zero-order valence-corrected chi connectivity index (χ0v) is 10.8. The van der Waals surface area contributed by atoms with E-state index in [1.165, 1.54) is 25.7 Å². The largest absolute Gasteiger partial charge is 0.214 e. The predicted molar refractivity (Wildman–Crippen MR) is 65.8 cm³/mol. The van der Waals surface area contributed by atoms with Gasteiger partial charge in [0, 0.05) is 6.04 Å². The van der Waals surface area contributed by atoms with Crippen LogP contribution < -0.4 is 4.72 Å². The lowest BCUT2D eigenvalue weighted by molar-refractivity contribution is 0.404. The van der Waals surface area contributed by atoms with Crippen LogP contribution in [0.5, 0.6) is 0 Å². The molecule has 2 aliphatic carbocycles. The van der Waals surface area contributed by atoms with E-state index in [1.807, 2.05) is 0 Å². The van der Waals surface area contributed by atoms with Crippen LogP contribution in [-0.2, 0) is 10.0 Å². The van der Waals surface area contributed by atoms with Gasteiger partial charge in [-0.2, -0.15) is 0 Å². The first-order chi connectivity index (χ1) is 7.68. The van der Waals surface area contributed by atoms with Crippen molar-refractivity contribution in [2.45, 2.75) is 75.5 Å². The van der Waals surface area contributed by atoms with E-state index in [4.69, 9.17) is 0 Å². The van der Waals surface area contributed by atoms with E-state index < -0.39 is 10.0 Å². The molecule has 3 nitrogen and oxygen atoms in total. The molecule has 0 bridgehead atoms. The zero-order chi connectivity index (χ0) is 11.4. The van der Waals surface area contributed by atoms with E-state index in [2.05, 4.69) is 4.72 Å². The second kappa shape index (κ2) is 5.50. The van der Waals surface area contributed by atoms with E-state index in [-0.39, 0.29) is 11.3 Å². The summed E-state index contributed by atoms with van der Waals surface area (Å²) < 4.78 is 27.2. The van der Waals surface area contributed by atoms with Gasteiger partial charge in [0.25, 0.3) is 0 Å². The summed E-state index contributed by atoms with van der Waals surface area (Å²) in [7, 11) is -3.03. The topological polar surface area (TPSA) is 46.2 Å². The van der Waals surface area contributed by atoms with Crippen molar-refractivity contribution in [1.82, 2.24) is 4.72 Å². The molecule has 16 heavy (non-hydrogen) atoms. The van der Waals surface area contributed by atoms with Crippen molar-refractivity contribution < 1.29 is 8.42 Å². The molecule has 2 aliphatic rings. The Bertz CT molecular complexity index is 301. The van der Waals surface area contributed by atoms with E-state index in [9.17, 15) is 8.42 Å². The van der Waals surface area contributed by atoms with E-state index >= 15 is 0 Å². The smallest absolute Gasteiger partial charge is 0.212 e. The number of sulfonamides is 1. The van der Waals surface area contributed by atoms with Gasteiger partial charge in [-0.3, -0.25) is 0 Å². The summed E-state index contributed by atoms with van der Waals surface area (Å²) in [6, 6.07) is 0.223. The first-order valence-electron chi connectivity index (χ1n) is 6.69. The molecule has 4 heteroatoms. The molecule has 0 spiro atoms. The molecule has 0 saturated heterocycles. The van der Waals surface area contributed by atoms with Gasteiger partial charge in [-0.05, 0) is 25.7 Å². The normalized spacial score (nSPS) is 25.8. The lowest BCUT2D eigenvalue weighted by Crippen LogP contribution is -2.42. The van der Waals surface area contributed by atoms with Crippen molar-refractivity contribution in [2.24, 2.45) is 0 Å². The quantitative estimate of drug-likeness (QED) is 0.830. The molecule has 0 unspecified atom stereocenters. The van der Waals surface area contributed by atoms with Crippen LogP contribution >= 0.6 is 0 Å². The maximum Gasteiger partial charge on any atom is 0.214 e. The molecule has 2 saturated carbocycles. The Morgan fingerprint density at radius 3 is 1.81 bits per heavy atom. The molecule has 0 aliphatic heterocycles. The summed E-state index contributed by atoms with van der Waals surface area (Å²) in [5, 5.41) is -0.108. The summed E-state index contributed by atoms with van der Waals surface area (Å²) in [6.45, 7) is 0. The highest BCUT2D eigenvalue weighted by Crippen LogP contribution is 2.25. The van der Waals surface area contributed by atoms with E-state index in [1.54, 1.807) is 0 Å². The molecule has 2 rings (SSSR count).